The zero-order valence-corrected chi connectivity index (χ0v) is 32.2. The molecule has 1 N–H and O–H groups in total. The van der Waals surface area contributed by atoms with Gasteiger partial charge < -0.3 is 19.2 Å². The number of rotatable bonds is 13. The second-order valence-corrected chi connectivity index (χ2v) is 13.9. The van der Waals surface area contributed by atoms with Crippen LogP contribution in [0.3, 0.4) is 0 Å². The first-order chi connectivity index (χ1) is 25.6. The number of allylic oxidation sites excluding steroid dienone is 1. The fraction of sp³-hybridized carbons (Fsp3) is 0.333. The van der Waals surface area contributed by atoms with E-state index in [1.54, 1.807) is 31.2 Å². The number of nitro benzene ring substituents is 2. The molecular weight excluding hydrogens is 688 g/mol. The van der Waals surface area contributed by atoms with Crippen molar-refractivity contribution in [2.24, 2.45) is 10.9 Å². The molecular formula is C42H46N4O8. The van der Waals surface area contributed by atoms with Gasteiger partial charge in [0, 0.05) is 42.0 Å². The zero-order chi connectivity index (χ0) is 39.4. The van der Waals surface area contributed by atoms with Crippen LogP contribution in [0.5, 0.6) is 11.5 Å². The number of aromatic nitrogens is 1. The largest absolute Gasteiger partial charge is 0.462 e. The number of nitrogens with zero attached hydrogens (tertiary/aromatic N) is 3. The second kappa shape index (κ2) is 16.3. The van der Waals surface area contributed by atoms with Crippen LogP contribution < -0.4 is 9.47 Å². The van der Waals surface area contributed by atoms with Crippen molar-refractivity contribution in [2.45, 2.75) is 81.1 Å². The Morgan fingerprint density at radius 3 is 1.93 bits per heavy atom. The van der Waals surface area contributed by atoms with Crippen LogP contribution in [0.1, 0.15) is 103 Å². The van der Waals surface area contributed by atoms with Gasteiger partial charge in [0.25, 0.3) is 11.4 Å². The second-order valence-electron chi connectivity index (χ2n) is 13.9. The Morgan fingerprint density at radius 1 is 0.852 bits per heavy atom. The number of aromatic amines is 1. The number of non-ortho nitro benzene ring substituents is 2. The molecule has 1 aliphatic rings. The highest BCUT2D eigenvalue weighted by molar-refractivity contribution is 6.02. The summed E-state index contributed by atoms with van der Waals surface area (Å²) >= 11 is 0. The molecule has 0 fully saturated rings. The minimum atomic E-state index is -0.501. The van der Waals surface area contributed by atoms with E-state index < -0.39 is 15.8 Å². The summed E-state index contributed by atoms with van der Waals surface area (Å²) in [7, 11) is 0. The van der Waals surface area contributed by atoms with Crippen LogP contribution in [0.15, 0.2) is 82.5 Å². The average molecular weight is 735 g/mol. The third kappa shape index (κ3) is 8.12. The van der Waals surface area contributed by atoms with Gasteiger partial charge in [0.15, 0.2) is 5.76 Å². The van der Waals surface area contributed by atoms with Crippen LogP contribution in [0.4, 0.5) is 11.4 Å². The van der Waals surface area contributed by atoms with Crippen molar-refractivity contribution in [1.29, 1.82) is 0 Å². The molecule has 0 amide bonds. The maximum absolute atomic E-state index is 13.9. The molecule has 54 heavy (non-hydrogen) atoms. The molecule has 282 valence electrons. The Kier molecular flexibility index (Phi) is 11.8. The molecule has 0 saturated heterocycles. The normalized spacial score (nSPS) is 13.7. The van der Waals surface area contributed by atoms with Gasteiger partial charge in [-0.25, -0.2) is 9.79 Å². The summed E-state index contributed by atoms with van der Waals surface area (Å²) in [6.45, 7) is 18.0. The van der Waals surface area contributed by atoms with E-state index in [0.29, 0.717) is 57.8 Å². The van der Waals surface area contributed by atoms with Crippen LogP contribution in [-0.2, 0) is 11.2 Å². The van der Waals surface area contributed by atoms with E-state index in [2.05, 4.69) is 18.8 Å². The molecule has 12 nitrogen and oxygen atoms in total. The molecule has 0 radical (unpaired) electrons. The van der Waals surface area contributed by atoms with Gasteiger partial charge in [0.05, 0.1) is 27.7 Å². The molecule has 0 saturated carbocycles. The van der Waals surface area contributed by atoms with Gasteiger partial charge in [0.1, 0.15) is 17.2 Å². The van der Waals surface area contributed by atoms with Crippen LogP contribution in [-0.4, -0.2) is 33.3 Å². The number of nitro groups is 2. The van der Waals surface area contributed by atoms with E-state index in [1.165, 1.54) is 24.3 Å². The fourth-order valence-electron chi connectivity index (χ4n) is 6.94. The summed E-state index contributed by atoms with van der Waals surface area (Å²) in [6, 6.07) is 16.2. The number of H-pyrrole nitrogens is 1. The molecule has 5 rings (SSSR count). The van der Waals surface area contributed by atoms with Crippen molar-refractivity contribution < 1.29 is 28.9 Å². The number of nitrogens with one attached hydrogen (secondary N) is 1. The number of benzene rings is 3. The smallest absolute Gasteiger partial charge is 0.340 e. The van der Waals surface area contributed by atoms with Crippen molar-refractivity contribution in [3.05, 3.63) is 143 Å². The van der Waals surface area contributed by atoms with Crippen LogP contribution in [0.2, 0.25) is 0 Å². The molecule has 1 aromatic heterocycles. The van der Waals surface area contributed by atoms with Gasteiger partial charge in [-0.05, 0) is 85.9 Å². The van der Waals surface area contributed by atoms with Crippen molar-refractivity contribution in [1.82, 2.24) is 4.98 Å². The average Bonchev–Trinajstić information content (AvgIpc) is 3.67. The molecule has 2 heterocycles. The first kappa shape index (κ1) is 39.2. The standard InChI is InChI=1S/C42H46N4O8/c1-10-32-34(23(3)4)37(44-41(32)53-31-18-16-30(17-19-31)46(50)51)40(54-39-26(8)20-25(7)21-27(39)9)38-35(24(5)6)36(42(47)52-11-2)33(43-38)22-28-12-14-29(15-13-28)45(48)49/h12-21,23-24,43H,10-11,22H2,1-9H3. The van der Waals surface area contributed by atoms with Crippen molar-refractivity contribution in [2.75, 3.05) is 6.61 Å². The highest BCUT2D eigenvalue weighted by atomic mass is 16.6. The molecule has 0 bridgehead atoms. The zero-order valence-electron chi connectivity index (χ0n) is 32.2. The molecule has 3 aromatic carbocycles. The Bertz CT molecular complexity index is 2170. The number of esters is 1. The number of ether oxygens (including phenoxy) is 3. The summed E-state index contributed by atoms with van der Waals surface area (Å²) < 4.78 is 19.0. The number of hydrogen-bond acceptors (Lipinski definition) is 9. The van der Waals surface area contributed by atoms with Crippen molar-refractivity contribution >= 4 is 29.0 Å². The molecule has 0 atom stereocenters. The molecule has 4 aromatic rings. The summed E-state index contributed by atoms with van der Waals surface area (Å²) in [5, 5.41) is 22.7. The van der Waals surface area contributed by atoms with E-state index in [9.17, 15) is 25.0 Å². The summed E-state index contributed by atoms with van der Waals surface area (Å²) in [5.74, 6) is 1.03. The van der Waals surface area contributed by atoms with Gasteiger partial charge in [-0.2, -0.15) is 0 Å². The fourth-order valence-corrected chi connectivity index (χ4v) is 6.94. The topological polar surface area (TPSA) is 159 Å². The van der Waals surface area contributed by atoms with Gasteiger partial charge >= 0.3 is 5.97 Å². The van der Waals surface area contributed by atoms with E-state index in [-0.39, 0.29) is 36.2 Å². The first-order valence-electron chi connectivity index (χ1n) is 18.0. The summed E-state index contributed by atoms with van der Waals surface area (Å²) in [5.41, 5.74) is 8.00. The van der Waals surface area contributed by atoms with Crippen LogP contribution in [0.25, 0.3) is 5.76 Å². The monoisotopic (exact) mass is 734 g/mol. The Hall–Kier alpha value is -6.04. The van der Waals surface area contributed by atoms with Gasteiger partial charge in [0.2, 0.25) is 5.90 Å². The number of carbonyl (C=O) groups is 1. The first-order valence-corrected chi connectivity index (χ1v) is 18.0. The van der Waals surface area contributed by atoms with Gasteiger partial charge in [-0.15, -0.1) is 0 Å². The Morgan fingerprint density at radius 2 is 1.43 bits per heavy atom. The van der Waals surface area contributed by atoms with E-state index >= 15 is 0 Å². The highest BCUT2D eigenvalue weighted by Gasteiger charge is 2.35. The van der Waals surface area contributed by atoms with E-state index in [4.69, 9.17) is 19.2 Å². The highest BCUT2D eigenvalue weighted by Crippen LogP contribution is 2.43. The van der Waals surface area contributed by atoms with Gasteiger partial charge in [-0.1, -0.05) is 64.4 Å². The lowest BCUT2D eigenvalue weighted by Gasteiger charge is -2.20. The third-order valence-corrected chi connectivity index (χ3v) is 9.20. The number of aryl methyl sites for hydroxylation is 3. The van der Waals surface area contributed by atoms with E-state index in [1.807, 2.05) is 53.7 Å². The maximum atomic E-state index is 13.9. The van der Waals surface area contributed by atoms with Crippen LogP contribution >= 0.6 is 0 Å². The minimum absolute atomic E-state index is 0.0331. The van der Waals surface area contributed by atoms with Crippen molar-refractivity contribution in [3.8, 4) is 11.5 Å². The maximum Gasteiger partial charge on any atom is 0.340 e. The number of aliphatic imine (C=N–C) groups is 1. The van der Waals surface area contributed by atoms with E-state index in [0.717, 1.165) is 33.4 Å². The lowest BCUT2D eigenvalue weighted by atomic mass is 9.91. The SMILES string of the molecule is CCOC(=O)c1c(Cc2ccc([N+](=O)[O-])cc2)[nH]c(C(Oc2c(C)cc(C)cc2C)=C2N=C(Oc3ccc([N+](=O)[O-])cc3)C(CC)=C2C(C)C)c1C(C)C. The third-order valence-electron chi connectivity index (χ3n) is 9.20. The molecule has 0 aliphatic carbocycles. The molecule has 0 unspecified atom stereocenters. The molecule has 12 heteroatoms. The predicted molar refractivity (Wildman–Crippen MR) is 208 cm³/mol. The van der Waals surface area contributed by atoms with Crippen LogP contribution in [0, 0.1) is 46.9 Å². The Labute approximate surface area is 314 Å². The van der Waals surface area contributed by atoms with Gasteiger partial charge in [-0.3, -0.25) is 20.2 Å². The summed E-state index contributed by atoms with van der Waals surface area (Å²) in [6.07, 6.45) is 0.821. The quantitative estimate of drug-likeness (QED) is 0.0615. The summed E-state index contributed by atoms with van der Waals surface area (Å²) in [4.78, 5) is 44.4. The number of hydrogen-bond donors (Lipinski definition) is 1. The molecule has 1 aliphatic heterocycles. The minimum Gasteiger partial charge on any atom is -0.462 e. The Balaban J connectivity index is 1.82. The lowest BCUT2D eigenvalue weighted by Crippen LogP contribution is -2.12. The lowest BCUT2D eigenvalue weighted by molar-refractivity contribution is -0.385. The predicted octanol–water partition coefficient (Wildman–Crippen LogP) is 10.2. The number of carbonyl (C=O) groups excluding carboxylic acids is 1. The molecule has 0 spiro atoms. The van der Waals surface area contributed by atoms with Crippen molar-refractivity contribution in [3.63, 3.8) is 0 Å².